The quantitative estimate of drug-likeness (QED) is 0.0532. The molecule has 0 amide bonds. The minimum absolute atomic E-state index is 0.208. The van der Waals surface area contributed by atoms with E-state index in [0.29, 0.717) is 42.1 Å². The summed E-state index contributed by atoms with van der Waals surface area (Å²) in [5.74, 6) is 0.584. The van der Waals surface area contributed by atoms with Crippen LogP contribution in [0.1, 0.15) is 49.3 Å². The summed E-state index contributed by atoms with van der Waals surface area (Å²) in [4.78, 5) is 11.7. The van der Waals surface area contributed by atoms with Crippen LogP contribution in [0.3, 0.4) is 0 Å². The number of phenols is 4. The summed E-state index contributed by atoms with van der Waals surface area (Å²) < 4.78 is 4.74. The van der Waals surface area contributed by atoms with E-state index in [9.17, 15) is 25.2 Å². The fourth-order valence-corrected chi connectivity index (χ4v) is 5.42. The molecule has 0 aliphatic carbocycles. The van der Waals surface area contributed by atoms with Crippen LogP contribution in [-0.4, -0.2) is 33.5 Å². The minimum atomic E-state index is -0.387. The van der Waals surface area contributed by atoms with Crippen molar-refractivity contribution in [3.63, 3.8) is 0 Å². The van der Waals surface area contributed by atoms with Gasteiger partial charge in [-0.25, -0.2) is 4.79 Å². The monoisotopic (exact) mass is 738 g/mol. The van der Waals surface area contributed by atoms with Gasteiger partial charge in [-0.05, 0) is 75.4 Å². The summed E-state index contributed by atoms with van der Waals surface area (Å²) >= 11 is 0. The van der Waals surface area contributed by atoms with E-state index in [-0.39, 0.29) is 29.0 Å². The van der Waals surface area contributed by atoms with Crippen molar-refractivity contribution in [3.8, 4) is 29.1 Å². The average molecular weight is 739 g/mol. The van der Waals surface area contributed by atoms with E-state index in [0.717, 1.165) is 39.1 Å². The van der Waals surface area contributed by atoms with Crippen molar-refractivity contribution in [1.82, 2.24) is 0 Å². The van der Waals surface area contributed by atoms with E-state index in [1.807, 2.05) is 87.5 Å². The Kier molecular flexibility index (Phi) is 14.9. The second kappa shape index (κ2) is 20.2. The molecular weight excluding hydrogens is 693 g/mol. The number of carbonyl (C=O) groups excluding carboxylic acids is 1. The number of hydrogen-bond acceptors (Lipinski definition) is 10. The van der Waals surface area contributed by atoms with Crippen molar-refractivity contribution in [2.24, 2.45) is 0 Å². The van der Waals surface area contributed by atoms with Crippen LogP contribution in [0.5, 0.6) is 23.0 Å². The van der Waals surface area contributed by atoms with Gasteiger partial charge in [0.25, 0.3) is 0 Å². The number of nitrogens with zero attached hydrogens (tertiary/aromatic N) is 1. The number of anilines is 3. The Morgan fingerprint density at radius 1 is 0.545 bits per heavy atom. The summed E-state index contributed by atoms with van der Waals surface area (Å²) in [7, 11) is 1.35. The Labute approximate surface area is 322 Å². The maximum absolute atomic E-state index is 11.7. The third-order valence-corrected chi connectivity index (χ3v) is 8.40. The van der Waals surface area contributed by atoms with Crippen molar-refractivity contribution in [2.45, 2.75) is 40.4 Å². The zero-order valence-electron chi connectivity index (χ0n) is 31.3. The van der Waals surface area contributed by atoms with E-state index in [1.54, 1.807) is 60.7 Å². The summed E-state index contributed by atoms with van der Waals surface area (Å²) in [6, 6.07) is 40.0. The largest absolute Gasteiger partial charge is 0.508 e. The van der Waals surface area contributed by atoms with Crippen molar-refractivity contribution in [3.05, 3.63) is 172 Å². The molecule has 0 aliphatic rings. The number of aryl methyl sites for hydroxylation is 3. The van der Waals surface area contributed by atoms with Gasteiger partial charge in [-0.15, -0.1) is 0 Å². The Balaban J connectivity index is 0.000000184. The second-order valence-electron chi connectivity index (χ2n) is 12.7. The highest BCUT2D eigenvalue weighted by Crippen LogP contribution is 2.26. The molecular formula is C45H46N4O6. The summed E-state index contributed by atoms with van der Waals surface area (Å²) in [6.45, 7) is 7.32. The number of methoxy groups -OCH3 is 1. The molecule has 6 aromatic rings. The number of rotatable bonds is 10. The van der Waals surface area contributed by atoms with E-state index < -0.39 is 0 Å². The van der Waals surface area contributed by atoms with Crippen LogP contribution in [0.2, 0.25) is 0 Å². The van der Waals surface area contributed by atoms with E-state index in [2.05, 4.69) is 22.0 Å². The van der Waals surface area contributed by atoms with Gasteiger partial charge >= 0.3 is 5.97 Å². The Hall–Kier alpha value is -7.12. The first-order chi connectivity index (χ1) is 26.5. The van der Waals surface area contributed by atoms with Crippen molar-refractivity contribution < 1.29 is 30.0 Å². The van der Waals surface area contributed by atoms with Crippen molar-refractivity contribution >= 4 is 23.0 Å². The average Bonchev–Trinajstić information content (AvgIpc) is 3.20. The van der Waals surface area contributed by atoms with Crippen molar-refractivity contribution in [1.29, 1.82) is 5.26 Å². The predicted molar refractivity (Wildman–Crippen MR) is 218 cm³/mol. The van der Waals surface area contributed by atoms with Crippen molar-refractivity contribution in [2.75, 3.05) is 23.1 Å². The summed E-state index contributed by atoms with van der Waals surface area (Å²) in [5.41, 5.74) is 8.87. The highest BCUT2D eigenvalue weighted by Gasteiger charge is 2.11. The molecule has 10 nitrogen and oxygen atoms in total. The third kappa shape index (κ3) is 12.2. The first kappa shape index (κ1) is 40.6. The summed E-state index contributed by atoms with van der Waals surface area (Å²) in [5, 5.41) is 57.2. The predicted octanol–water partition coefficient (Wildman–Crippen LogP) is 9.30. The van der Waals surface area contributed by atoms with E-state index in [1.165, 1.54) is 7.11 Å². The second-order valence-corrected chi connectivity index (χ2v) is 12.7. The molecule has 6 aromatic carbocycles. The van der Waals surface area contributed by atoms with Gasteiger partial charge in [0.2, 0.25) is 0 Å². The zero-order chi connectivity index (χ0) is 39.7. The summed E-state index contributed by atoms with van der Waals surface area (Å²) in [6.07, 6.45) is 0. The molecule has 0 saturated carbocycles. The van der Waals surface area contributed by atoms with Gasteiger partial charge in [0.05, 0.1) is 29.6 Å². The third-order valence-electron chi connectivity index (χ3n) is 8.40. The molecule has 0 radical (unpaired) electrons. The lowest BCUT2D eigenvalue weighted by Gasteiger charge is -2.12. The molecule has 55 heavy (non-hydrogen) atoms. The lowest BCUT2D eigenvalue weighted by atomic mass is 10.1. The molecule has 0 aromatic heterocycles. The smallest absolute Gasteiger partial charge is 0.339 e. The molecule has 0 unspecified atom stereocenters. The number of nitrogens with one attached hydrogen (secondary N) is 3. The number of hydrogen-bond donors (Lipinski definition) is 7. The topological polar surface area (TPSA) is 167 Å². The Bertz CT molecular complexity index is 2250. The molecule has 0 atom stereocenters. The fourth-order valence-electron chi connectivity index (χ4n) is 5.42. The van der Waals surface area contributed by atoms with Gasteiger partial charge in [-0.1, -0.05) is 89.5 Å². The molecule has 0 bridgehead atoms. The molecule has 282 valence electrons. The lowest BCUT2D eigenvalue weighted by molar-refractivity contribution is 0.0601. The number of aromatic hydroxyl groups is 4. The van der Waals surface area contributed by atoms with Crippen LogP contribution in [0.4, 0.5) is 17.1 Å². The van der Waals surface area contributed by atoms with Gasteiger partial charge in [0.1, 0.15) is 29.1 Å². The van der Waals surface area contributed by atoms with Crippen LogP contribution >= 0.6 is 0 Å². The molecule has 0 spiro atoms. The highest BCUT2D eigenvalue weighted by molar-refractivity contribution is 5.95. The standard InChI is InChI=1S/C16H17NO3.C15H14N2O.C14H15NO2/c1-11-7-8-15(18)12(9-11)10-17-14-6-4-3-5-13(14)16(19)20-2;1-11-6-7-15(18)13(8-11)10-17-14-5-3-2-4-12(14)9-16;1-10-6-7-13(16)11(8-10)9-15-12-4-2-3-5-14(12)17/h3-9,17-18H,10H2,1-2H3;2-8,17-18H,10H2,1H3;2-8,15-17H,9H2,1H3. The lowest BCUT2D eigenvalue weighted by Crippen LogP contribution is -2.08. The number of para-hydroxylation sites is 4. The Morgan fingerprint density at radius 3 is 1.42 bits per heavy atom. The molecule has 6 rings (SSSR count). The van der Waals surface area contributed by atoms with Crippen LogP contribution in [-0.2, 0) is 24.4 Å². The van der Waals surface area contributed by atoms with Crippen LogP contribution < -0.4 is 16.0 Å². The van der Waals surface area contributed by atoms with E-state index in [4.69, 9.17) is 10.00 Å². The van der Waals surface area contributed by atoms with Gasteiger partial charge in [0, 0.05) is 42.0 Å². The number of phenolic OH excluding ortho intramolecular Hbond substituents is 4. The number of benzene rings is 6. The molecule has 0 fully saturated rings. The van der Waals surface area contributed by atoms with Crippen LogP contribution in [0, 0.1) is 32.1 Å². The molecule has 7 N–H and O–H groups in total. The molecule has 10 heteroatoms. The highest BCUT2D eigenvalue weighted by atomic mass is 16.5. The SMILES string of the molecule is COC(=O)c1ccccc1NCc1cc(C)ccc1O.Cc1ccc(O)c(CNc2ccccc2C#N)c1.Cc1ccc(O)c(CNc2ccccc2O)c1. The maximum Gasteiger partial charge on any atom is 0.339 e. The number of nitriles is 1. The van der Waals surface area contributed by atoms with Gasteiger partial charge in [-0.3, -0.25) is 0 Å². The molecule has 0 heterocycles. The molecule has 0 aliphatic heterocycles. The van der Waals surface area contributed by atoms with Gasteiger partial charge in [0.15, 0.2) is 0 Å². The van der Waals surface area contributed by atoms with Gasteiger partial charge < -0.3 is 41.1 Å². The normalized spacial score (nSPS) is 10.0. The first-order valence-electron chi connectivity index (χ1n) is 17.5. The van der Waals surface area contributed by atoms with Crippen LogP contribution in [0.25, 0.3) is 0 Å². The van der Waals surface area contributed by atoms with Crippen LogP contribution in [0.15, 0.2) is 127 Å². The Morgan fingerprint density at radius 2 is 0.945 bits per heavy atom. The molecule has 0 saturated heterocycles. The van der Waals surface area contributed by atoms with E-state index >= 15 is 0 Å². The van der Waals surface area contributed by atoms with Gasteiger partial charge in [-0.2, -0.15) is 5.26 Å². The number of ether oxygens (including phenoxy) is 1. The minimum Gasteiger partial charge on any atom is -0.508 e. The number of esters is 1. The number of carbonyl (C=O) groups is 1. The maximum atomic E-state index is 11.7. The fraction of sp³-hybridized carbons (Fsp3) is 0.156. The first-order valence-corrected chi connectivity index (χ1v) is 17.5. The zero-order valence-corrected chi connectivity index (χ0v) is 31.3.